The van der Waals surface area contributed by atoms with Crippen molar-refractivity contribution in [3.8, 4) is 0 Å². The van der Waals surface area contributed by atoms with E-state index in [4.69, 9.17) is 0 Å². The highest BCUT2D eigenvalue weighted by atomic mass is 14.9. The van der Waals surface area contributed by atoms with Gasteiger partial charge in [0.1, 0.15) is 0 Å². The van der Waals surface area contributed by atoms with E-state index >= 15 is 0 Å². The molecule has 84 valence electrons. The first-order chi connectivity index (χ1) is 7.02. The maximum absolute atomic E-state index is 3.58. The molecule has 1 nitrogen and oxygen atoms in total. The van der Waals surface area contributed by atoms with Gasteiger partial charge in [-0.25, -0.2) is 0 Å². The first-order valence-electron chi connectivity index (χ1n) is 5.81. The van der Waals surface area contributed by atoms with Crippen LogP contribution in [0.3, 0.4) is 0 Å². The van der Waals surface area contributed by atoms with Gasteiger partial charge in [0, 0.05) is 12.6 Å². The van der Waals surface area contributed by atoms with E-state index in [-0.39, 0.29) is 0 Å². The Morgan fingerprint density at radius 1 is 1.07 bits per heavy atom. The third-order valence-electron chi connectivity index (χ3n) is 3.25. The molecule has 0 aromatic heterocycles. The van der Waals surface area contributed by atoms with E-state index in [1.54, 1.807) is 0 Å². The highest BCUT2D eigenvalue weighted by Gasteiger charge is 2.07. The SMILES string of the molecule is Cc1cccc(C)c1CNC(C)C(C)C. The lowest BCUT2D eigenvalue weighted by atomic mass is 10.0. The van der Waals surface area contributed by atoms with Crippen LogP contribution >= 0.6 is 0 Å². The monoisotopic (exact) mass is 205 g/mol. The molecule has 0 heterocycles. The summed E-state index contributed by atoms with van der Waals surface area (Å²) in [5.41, 5.74) is 4.22. The van der Waals surface area contributed by atoms with Crippen molar-refractivity contribution in [3.63, 3.8) is 0 Å². The maximum Gasteiger partial charge on any atom is 0.0213 e. The molecule has 1 atom stereocenters. The Bertz CT molecular complexity index is 295. The molecule has 1 aromatic rings. The molecule has 0 spiro atoms. The molecule has 1 rings (SSSR count). The third-order valence-corrected chi connectivity index (χ3v) is 3.25. The molecule has 1 aromatic carbocycles. The van der Waals surface area contributed by atoms with Gasteiger partial charge in [-0.1, -0.05) is 32.0 Å². The normalized spacial score (nSPS) is 13.2. The molecule has 1 heteroatoms. The average molecular weight is 205 g/mol. The molecular formula is C14H23N. The summed E-state index contributed by atoms with van der Waals surface area (Å²) >= 11 is 0. The van der Waals surface area contributed by atoms with Gasteiger partial charge in [0.05, 0.1) is 0 Å². The molecule has 0 aliphatic heterocycles. The van der Waals surface area contributed by atoms with Crippen molar-refractivity contribution in [2.45, 2.75) is 47.2 Å². The molecular weight excluding hydrogens is 182 g/mol. The second-order valence-electron chi connectivity index (χ2n) is 4.78. The zero-order chi connectivity index (χ0) is 11.4. The van der Waals surface area contributed by atoms with E-state index < -0.39 is 0 Å². The lowest BCUT2D eigenvalue weighted by molar-refractivity contribution is 0.425. The summed E-state index contributed by atoms with van der Waals surface area (Å²) < 4.78 is 0. The van der Waals surface area contributed by atoms with Gasteiger partial charge in [-0.2, -0.15) is 0 Å². The summed E-state index contributed by atoms with van der Waals surface area (Å²) in [5, 5.41) is 3.58. The lowest BCUT2D eigenvalue weighted by Gasteiger charge is -2.19. The van der Waals surface area contributed by atoms with E-state index in [2.05, 4.69) is 58.1 Å². The van der Waals surface area contributed by atoms with Crippen molar-refractivity contribution < 1.29 is 0 Å². The summed E-state index contributed by atoms with van der Waals surface area (Å²) in [5.74, 6) is 0.689. The van der Waals surface area contributed by atoms with Crippen LogP contribution < -0.4 is 5.32 Å². The van der Waals surface area contributed by atoms with Gasteiger partial charge in [-0.3, -0.25) is 0 Å². The van der Waals surface area contributed by atoms with Crippen LogP contribution in [0.2, 0.25) is 0 Å². The Hall–Kier alpha value is -0.820. The van der Waals surface area contributed by atoms with E-state index in [1.807, 2.05) is 0 Å². The van der Waals surface area contributed by atoms with Crippen molar-refractivity contribution in [1.29, 1.82) is 0 Å². The van der Waals surface area contributed by atoms with Crippen LogP contribution in [0.25, 0.3) is 0 Å². The number of benzene rings is 1. The first-order valence-corrected chi connectivity index (χ1v) is 5.81. The summed E-state index contributed by atoms with van der Waals surface area (Å²) in [6.07, 6.45) is 0. The Kier molecular flexibility index (Phi) is 4.34. The van der Waals surface area contributed by atoms with Crippen LogP contribution in [-0.2, 0) is 6.54 Å². The molecule has 1 unspecified atom stereocenters. The number of nitrogens with one attached hydrogen (secondary N) is 1. The highest BCUT2D eigenvalue weighted by molar-refractivity contribution is 5.33. The van der Waals surface area contributed by atoms with Crippen LogP contribution in [0, 0.1) is 19.8 Å². The number of rotatable bonds is 4. The first kappa shape index (κ1) is 12.3. The highest BCUT2D eigenvalue weighted by Crippen LogP contribution is 2.13. The minimum absolute atomic E-state index is 0.573. The van der Waals surface area contributed by atoms with Crippen LogP contribution in [0.15, 0.2) is 18.2 Å². The van der Waals surface area contributed by atoms with Crippen molar-refractivity contribution >= 4 is 0 Å². The third kappa shape index (κ3) is 3.35. The van der Waals surface area contributed by atoms with Gasteiger partial charge in [0.2, 0.25) is 0 Å². The van der Waals surface area contributed by atoms with Crippen molar-refractivity contribution in [2.24, 2.45) is 5.92 Å². The molecule has 0 fully saturated rings. The molecule has 1 N–H and O–H groups in total. The van der Waals surface area contributed by atoms with Crippen LogP contribution in [0.4, 0.5) is 0 Å². The second kappa shape index (κ2) is 5.32. The van der Waals surface area contributed by atoms with Crippen LogP contribution in [0.1, 0.15) is 37.5 Å². The minimum atomic E-state index is 0.573. The largest absolute Gasteiger partial charge is 0.310 e. The summed E-state index contributed by atoms with van der Waals surface area (Å²) in [4.78, 5) is 0. The van der Waals surface area contributed by atoms with Crippen molar-refractivity contribution in [3.05, 3.63) is 34.9 Å². The van der Waals surface area contributed by atoms with E-state index in [0.717, 1.165) is 6.54 Å². The van der Waals surface area contributed by atoms with Crippen LogP contribution in [0.5, 0.6) is 0 Å². The maximum atomic E-state index is 3.58. The average Bonchev–Trinajstić information content (AvgIpc) is 2.16. The molecule has 15 heavy (non-hydrogen) atoms. The van der Waals surface area contributed by atoms with Gasteiger partial charge in [0.15, 0.2) is 0 Å². The minimum Gasteiger partial charge on any atom is -0.310 e. The van der Waals surface area contributed by atoms with Gasteiger partial charge in [-0.05, 0) is 43.4 Å². The van der Waals surface area contributed by atoms with Crippen molar-refractivity contribution in [1.82, 2.24) is 5.32 Å². The smallest absolute Gasteiger partial charge is 0.0213 e. The molecule has 0 aliphatic rings. The van der Waals surface area contributed by atoms with Crippen molar-refractivity contribution in [2.75, 3.05) is 0 Å². The predicted octanol–water partition coefficient (Wildman–Crippen LogP) is 3.44. The quantitative estimate of drug-likeness (QED) is 0.794. The summed E-state index contributed by atoms with van der Waals surface area (Å²) in [6, 6.07) is 7.07. The molecule has 0 saturated carbocycles. The van der Waals surface area contributed by atoms with Gasteiger partial charge >= 0.3 is 0 Å². The summed E-state index contributed by atoms with van der Waals surface area (Å²) in [7, 11) is 0. The number of hydrogen-bond donors (Lipinski definition) is 1. The number of hydrogen-bond acceptors (Lipinski definition) is 1. The number of aryl methyl sites for hydroxylation is 2. The lowest BCUT2D eigenvalue weighted by Crippen LogP contribution is -2.30. The Morgan fingerprint density at radius 2 is 1.60 bits per heavy atom. The molecule has 0 aliphatic carbocycles. The van der Waals surface area contributed by atoms with Gasteiger partial charge in [0.25, 0.3) is 0 Å². The molecule has 0 amide bonds. The predicted molar refractivity (Wildman–Crippen MR) is 67.1 cm³/mol. The van der Waals surface area contributed by atoms with E-state index in [9.17, 15) is 0 Å². The topological polar surface area (TPSA) is 12.0 Å². The summed E-state index contributed by atoms with van der Waals surface area (Å²) in [6.45, 7) is 12.1. The fourth-order valence-electron chi connectivity index (χ4n) is 1.63. The standard InChI is InChI=1S/C14H23N/c1-10(2)13(5)15-9-14-11(3)7-6-8-12(14)4/h6-8,10,13,15H,9H2,1-5H3. The Balaban J connectivity index is 2.65. The Labute approximate surface area is 93.9 Å². The second-order valence-corrected chi connectivity index (χ2v) is 4.78. The van der Waals surface area contributed by atoms with Gasteiger partial charge in [-0.15, -0.1) is 0 Å². The molecule has 0 bridgehead atoms. The fraction of sp³-hybridized carbons (Fsp3) is 0.571. The van der Waals surface area contributed by atoms with E-state index in [0.29, 0.717) is 12.0 Å². The molecule has 0 radical (unpaired) electrons. The van der Waals surface area contributed by atoms with Crippen LogP contribution in [-0.4, -0.2) is 6.04 Å². The zero-order valence-electron chi connectivity index (χ0n) is 10.6. The van der Waals surface area contributed by atoms with Gasteiger partial charge < -0.3 is 5.32 Å². The fourth-order valence-corrected chi connectivity index (χ4v) is 1.63. The molecule has 0 saturated heterocycles. The zero-order valence-corrected chi connectivity index (χ0v) is 10.6. The van der Waals surface area contributed by atoms with E-state index in [1.165, 1.54) is 16.7 Å². The Morgan fingerprint density at radius 3 is 2.07 bits per heavy atom.